The molecule has 12 heteroatoms. The normalized spacial score (nSPS) is 39.9. The van der Waals surface area contributed by atoms with Gasteiger partial charge in [-0.05, 0) is 25.8 Å². The van der Waals surface area contributed by atoms with Crippen molar-refractivity contribution in [3.8, 4) is 0 Å². The maximum absolute atomic E-state index is 12.0. The van der Waals surface area contributed by atoms with Crippen molar-refractivity contribution in [1.29, 1.82) is 0 Å². The van der Waals surface area contributed by atoms with Gasteiger partial charge in [-0.15, -0.1) is 0 Å². The van der Waals surface area contributed by atoms with Crippen LogP contribution in [0.2, 0.25) is 0 Å². The summed E-state index contributed by atoms with van der Waals surface area (Å²) in [6.45, 7) is 0.285. The third-order valence-electron chi connectivity index (χ3n) is 6.65. The standard InChI is InChI=1S/C23H32O12/c1-11(6-7-14-12-4-2-3-5-13(12)20(29)34-14)33-21-18(27)17(26)16(25)15(35-21)8-31-22-19(28)23(30,9-24)10-32-22/h2-5,11,14-19,21-22,24-28,30H,6-10H2,1H3/t11-,14+,15-,16-,17-,18+,19-,21-,22+,23+/m1/s1. The Hall–Kier alpha value is -1.71. The van der Waals surface area contributed by atoms with Crippen LogP contribution < -0.4 is 0 Å². The zero-order valence-electron chi connectivity index (χ0n) is 19.2. The Morgan fingerprint density at radius 3 is 2.57 bits per heavy atom. The van der Waals surface area contributed by atoms with Crippen LogP contribution in [-0.2, 0) is 23.7 Å². The van der Waals surface area contributed by atoms with E-state index in [4.69, 9.17) is 23.7 Å². The van der Waals surface area contributed by atoms with E-state index >= 15 is 0 Å². The van der Waals surface area contributed by atoms with Crippen molar-refractivity contribution in [1.82, 2.24) is 0 Å². The minimum atomic E-state index is -1.87. The molecule has 0 saturated carbocycles. The maximum Gasteiger partial charge on any atom is 0.339 e. The Labute approximate surface area is 201 Å². The van der Waals surface area contributed by atoms with E-state index < -0.39 is 67.5 Å². The quantitative estimate of drug-likeness (QED) is 0.213. The third-order valence-corrected chi connectivity index (χ3v) is 6.65. The Morgan fingerprint density at radius 1 is 1.11 bits per heavy atom. The average Bonchev–Trinajstić information content (AvgIpc) is 3.33. The molecule has 2 fully saturated rings. The predicted octanol–water partition coefficient (Wildman–Crippen LogP) is -1.65. The summed E-state index contributed by atoms with van der Waals surface area (Å²) in [6, 6.07) is 7.13. The molecule has 6 N–H and O–H groups in total. The minimum Gasteiger partial charge on any atom is -0.454 e. The summed E-state index contributed by atoms with van der Waals surface area (Å²) < 4.78 is 27.4. The van der Waals surface area contributed by atoms with Crippen LogP contribution in [0.1, 0.15) is 41.8 Å². The Morgan fingerprint density at radius 2 is 1.86 bits per heavy atom. The van der Waals surface area contributed by atoms with Crippen LogP contribution in [0.5, 0.6) is 0 Å². The molecule has 0 bridgehead atoms. The molecular formula is C23H32O12. The van der Waals surface area contributed by atoms with E-state index in [0.29, 0.717) is 18.4 Å². The number of fused-ring (bicyclic) bond motifs is 1. The summed E-state index contributed by atoms with van der Waals surface area (Å²) in [4.78, 5) is 12.0. The summed E-state index contributed by atoms with van der Waals surface area (Å²) in [5, 5.41) is 60.3. The molecule has 0 aromatic heterocycles. The summed E-state index contributed by atoms with van der Waals surface area (Å²) in [5.41, 5.74) is -0.536. The van der Waals surface area contributed by atoms with Crippen LogP contribution in [-0.4, -0.2) is 111 Å². The first-order chi connectivity index (χ1) is 16.6. The molecule has 35 heavy (non-hydrogen) atoms. The highest BCUT2D eigenvalue weighted by atomic mass is 16.7. The molecule has 0 unspecified atom stereocenters. The van der Waals surface area contributed by atoms with Crippen molar-refractivity contribution in [2.24, 2.45) is 0 Å². The van der Waals surface area contributed by atoms with Gasteiger partial charge in [-0.25, -0.2) is 4.79 Å². The molecular weight excluding hydrogens is 468 g/mol. The summed E-state index contributed by atoms with van der Waals surface area (Å²) >= 11 is 0. The number of aliphatic hydroxyl groups excluding tert-OH is 5. The lowest BCUT2D eigenvalue weighted by atomic mass is 9.98. The van der Waals surface area contributed by atoms with Crippen LogP contribution in [0.15, 0.2) is 24.3 Å². The molecule has 3 aliphatic rings. The highest BCUT2D eigenvalue weighted by Crippen LogP contribution is 2.34. The lowest BCUT2D eigenvalue weighted by Crippen LogP contribution is -2.60. The predicted molar refractivity (Wildman–Crippen MR) is 115 cm³/mol. The molecule has 0 amide bonds. The van der Waals surface area contributed by atoms with Crippen molar-refractivity contribution in [2.45, 2.75) is 80.7 Å². The zero-order chi connectivity index (χ0) is 25.3. The fourth-order valence-corrected chi connectivity index (χ4v) is 4.41. The lowest BCUT2D eigenvalue weighted by Gasteiger charge is -2.41. The second-order valence-corrected chi connectivity index (χ2v) is 9.24. The van der Waals surface area contributed by atoms with E-state index in [0.717, 1.165) is 5.56 Å². The van der Waals surface area contributed by atoms with E-state index in [2.05, 4.69) is 0 Å². The van der Waals surface area contributed by atoms with Crippen LogP contribution in [0.3, 0.4) is 0 Å². The largest absolute Gasteiger partial charge is 0.454 e. The van der Waals surface area contributed by atoms with Gasteiger partial charge in [-0.3, -0.25) is 0 Å². The highest BCUT2D eigenvalue weighted by molar-refractivity contribution is 5.93. The number of carbonyl (C=O) groups excluding carboxylic acids is 1. The molecule has 1 aromatic rings. The van der Waals surface area contributed by atoms with E-state index in [1.165, 1.54) is 0 Å². The van der Waals surface area contributed by atoms with E-state index in [9.17, 15) is 35.4 Å². The molecule has 0 aliphatic carbocycles. The number of esters is 1. The first-order valence-electron chi connectivity index (χ1n) is 11.5. The molecule has 12 nitrogen and oxygen atoms in total. The van der Waals surface area contributed by atoms with Gasteiger partial charge in [-0.2, -0.15) is 0 Å². The van der Waals surface area contributed by atoms with Gasteiger partial charge in [-0.1, -0.05) is 18.2 Å². The number of ether oxygens (including phenoxy) is 5. The highest BCUT2D eigenvalue weighted by Gasteiger charge is 2.50. The minimum absolute atomic E-state index is 0.352. The van der Waals surface area contributed by atoms with Gasteiger partial charge in [0.2, 0.25) is 0 Å². The Bertz CT molecular complexity index is 882. The van der Waals surface area contributed by atoms with E-state index in [1.54, 1.807) is 19.1 Å². The second kappa shape index (κ2) is 10.7. The third kappa shape index (κ3) is 5.37. The Kier molecular flexibility index (Phi) is 8.08. The van der Waals surface area contributed by atoms with E-state index in [1.807, 2.05) is 12.1 Å². The van der Waals surface area contributed by atoms with E-state index in [-0.39, 0.29) is 19.2 Å². The zero-order valence-corrected chi connectivity index (χ0v) is 19.2. The molecule has 3 heterocycles. The number of cyclic esters (lactones) is 1. The first kappa shape index (κ1) is 26.4. The SMILES string of the molecule is C[C@H](CC[C@@H]1OC(=O)c2ccccc21)O[C@@H]1O[C@H](CO[C@H]2OC[C@@](O)(CO)[C@@H]2O)[C@@H](O)[C@@H](O)[C@@H]1O. The lowest BCUT2D eigenvalue weighted by molar-refractivity contribution is -0.318. The molecule has 3 aliphatic heterocycles. The van der Waals surface area contributed by atoms with Crippen molar-refractivity contribution in [3.63, 3.8) is 0 Å². The number of rotatable bonds is 9. The maximum atomic E-state index is 12.0. The summed E-state index contributed by atoms with van der Waals surface area (Å²) in [6.07, 6.45) is -9.89. The number of hydrogen-bond acceptors (Lipinski definition) is 12. The second-order valence-electron chi connectivity index (χ2n) is 9.24. The van der Waals surface area contributed by atoms with Crippen molar-refractivity contribution in [2.75, 3.05) is 19.8 Å². The molecule has 2 saturated heterocycles. The Balaban J connectivity index is 1.30. The van der Waals surface area contributed by atoms with Gasteiger partial charge in [0.25, 0.3) is 0 Å². The van der Waals surface area contributed by atoms with Gasteiger partial charge >= 0.3 is 5.97 Å². The van der Waals surface area contributed by atoms with Crippen LogP contribution >= 0.6 is 0 Å². The summed E-state index contributed by atoms with van der Waals surface area (Å²) in [7, 11) is 0. The van der Waals surface area contributed by atoms with Crippen molar-refractivity contribution in [3.05, 3.63) is 35.4 Å². The molecule has 4 rings (SSSR count). The van der Waals surface area contributed by atoms with Crippen molar-refractivity contribution < 1.29 is 59.1 Å². The van der Waals surface area contributed by atoms with Crippen LogP contribution in [0, 0.1) is 0 Å². The van der Waals surface area contributed by atoms with Crippen LogP contribution in [0.25, 0.3) is 0 Å². The number of aliphatic hydroxyl groups is 6. The van der Waals surface area contributed by atoms with Gasteiger partial charge in [0.05, 0.1) is 31.5 Å². The average molecular weight is 500 g/mol. The topological polar surface area (TPSA) is 185 Å². The number of carbonyl (C=O) groups is 1. The molecule has 0 radical (unpaired) electrons. The van der Waals surface area contributed by atoms with Crippen molar-refractivity contribution >= 4 is 5.97 Å². The number of hydrogen-bond donors (Lipinski definition) is 6. The van der Waals surface area contributed by atoms with Gasteiger partial charge in [0, 0.05) is 5.56 Å². The van der Waals surface area contributed by atoms with Crippen LogP contribution in [0.4, 0.5) is 0 Å². The molecule has 196 valence electrons. The molecule has 10 atom stereocenters. The number of benzene rings is 1. The smallest absolute Gasteiger partial charge is 0.339 e. The first-order valence-corrected chi connectivity index (χ1v) is 11.5. The van der Waals surface area contributed by atoms with Gasteiger partial charge < -0.3 is 54.3 Å². The fourth-order valence-electron chi connectivity index (χ4n) is 4.41. The molecule has 1 aromatic carbocycles. The molecule has 0 spiro atoms. The summed E-state index contributed by atoms with van der Waals surface area (Å²) in [5.74, 6) is -0.376. The van der Waals surface area contributed by atoms with Gasteiger partial charge in [0.1, 0.15) is 42.2 Å². The van der Waals surface area contributed by atoms with Gasteiger partial charge in [0.15, 0.2) is 12.6 Å². The monoisotopic (exact) mass is 500 g/mol. The fraction of sp³-hybridized carbons (Fsp3) is 0.696.